The van der Waals surface area contributed by atoms with Crippen LogP contribution in [-0.2, 0) is 4.79 Å². The van der Waals surface area contributed by atoms with E-state index in [1.165, 1.54) is 77.0 Å². The van der Waals surface area contributed by atoms with Crippen LogP contribution in [0.15, 0.2) is 97.2 Å². The predicted molar refractivity (Wildman–Crippen MR) is 230 cm³/mol. The topological polar surface area (TPSA) is 69.6 Å². The Bertz CT molecular complexity index is 999. The Hall–Kier alpha value is -2.69. The van der Waals surface area contributed by atoms with Crippen LogP contribution in [-0.4, -0.2) is 34.9 Å². The number of aliphatic hydroxyl groups is 2. The standard InChI is InChI=1S/C48H81NO3/c1-3-5-7-9-11-13-15-16-17-18-19-20-21-22-23-24-25-26-27-28-29-30-31-32-34-36-38-40-42-44-48(52)49-46(45-50)47(51)43-41-39-37-35-33-14-12-10-8-6-4-2/h5,7,11,13,16-17,19-20,22-23,25-26,28-29,41,43,46-47,50-51H,3-4,6,8-10,12,14-15,18,21,24,27,30-40,42,44-45H2,1-2H3,(H,49,52)/b7-5-,13-11-,17-16-,20-19-,23-22-,26-25-,29-28-,43-41+. The van der Waals surface area contributed by atoms with Gasteiger partial charge in [0.15, 0.2) is 0 Å². The maximum absolute atomic E-state index is 12.4. The number of unbranched alkanes of at least 4 members (excludes halogenated alkanes) is 16. The summed E-state index contributed by atoms with van der Waals surface area (Å²) in [6, 6.07) is -0.633. The van der Waals surface area contributed by atoms with Gasteiger partial charge in [-0.05, 0) is 77.0 Å². The van der Waals surface area contributed by atoms with Crippen molar-refractivity contribution < 1.29 is 15.0 Å². The zero-order valence-electron chi connectivity index (χ0n) is 33.8. The number of rotatable bonds is 37. The summed E-state index contributed by atoms with van der Waals surface area (Å²) in [6.07, 6.45) is 63.6. The quantitative estimate of drug-likeness (QED) is 0.0442. The minimum Gasteiger partial charge on any atom is -0.394 e. The fourth-order valence-electron chi connectivity index (χ4n) is 5.80. The molecule has 0 bridgehead atoms. The van der Waals surface area contributed by atoms with Gasteiger partial charge in [-0.15, -0.1) is 0 Å². The Balaban J connectivity index is 3.66. The molecule has 0 aromatic heterocycles. The molecule has 2 atom stereocenters. The first-order valence-corrected chi connectivity index (χ1v) is 21.5. The van der Waals surface area contributed by atoms with Crippen molar-refractivity contribution in [2.24, 2.45) is 0 Å². The van der Waals surface area contributed by atoms with Crippen molar-refractivity contribution in [1.29, 1.82) is 0 Å². The van der Waals surface area contributed by atoms with E-state index < -0.39 is 12.1 Å². The number of hydrogen-bond acceptors (Lipinski definition) is 3. The lowest BCUT2D eigenvalue weighted by Crippen LogP contribution is -2.45. The monoisotopic (exact) mass is 720 g/mol. The van der Waals surface area contributed by atoms with E-state index in [2.05, 4.69) is 104 Å². The van der Waals surface area contributed by atoms with Gasteiger partial charge in [-0.25, -0.2) is 0 Å². The second kappa shape index (κ2) is 42.7. The highest BCUT2D eigenvalue weighted by Crippen LogP contribution is 2.12. The number of nitrogens with one attached hydrogen (secondary N) is 1. The molecule has 296 valence electrons. The van der Waals surface area contributed by atoms with Crippen LogP contribution in [0.2, 0.25) is 0 Å². The highest BCUT2D eigenvalue weighted by molar-refractivity contribution is 5.76. The van der Waals surface area contributed by atoms with Gasteiger partial charge in [-0.2, -0.15) is 0 Å². The van der Waals surface area contributed by atoms with Crippen LogP contribution in [0.3, 0.4) is 0 Å². The molecule has 0 aromatic carbocycles. The highest BCUT2D eigenvalue weighted by Gasteiger charge is 2.17. The Morgan fingerprint density at radius 3 is 1.27 bits per heavy atom. The van der Waals surface area contributed by atoms with Crippen molar-refractivity contribution in [2.75, 3.05) is 6.61 Å². The Morgan fingerprint density at radius 1 is 0.481 bits per heavy atom. The van der Waals surface area contributed by atoms with Crippen molar-refractivity contribution in [1.82, 2.24) is 5.32 Å². The summed E-state index contributed by atoms with van der Waals surface area (Å²) in [5.41, 5.74) is 0. The van der Waals surface area contributed by atoms with Gasteiger partial charge >= 0.3 is 0 Å². The van der Waals surface area contributed by atoms with Crippen molar-refractivity contribution in [3.63, 3.8) is 0 Å². The zero-order chi connectivity index (χ0) is 37.8. The van der Waals surface area contributed by atoms with Crippen LogP contribution in [0, 0.1) is 0 Å². The van der Waals surface area contributed by atoms with Gasteiger partial charge in [-0.3, -0.25) is 4.79 Å². The Labute approximate surface area is 322 Å². The molecule has 0 aliphatic heterocycles. The van der Waals surface area contributed by atoms with Crippen LogP contribution < -0.4 is 5.32 Å². The summed E-state index contributed by atoms with van der Waals surface area (Å²) >= 11 is 0. The molecule has 0 spiro atoms. The lowest BCUT2D eigenvalue weighted by Gasteiger charge is -2.20. The predicted octanol–water partition coefficient (Wildman–Crippen LogP) is 13.5. The average Bonchev–Trinajstić information content (AvgIpc) is 3.15. The van der Waals surface area contributed by atoms with Gasteiger partial charge in [0.1, 0.15) is 0 Å². The number of amides is 1. The highest BCUT2D eigenvalue weighted by atomic mass is 16.3. The summed E-state index contributed by atoms with van der Waals surface area (Å²) in [7, 11) is 0. The summed E-state index contributed by atoms with van der Waals surface area (Å²) in [5, 5.41) is 22.9. The molecular formula is C48H81NO3. The van der Waals surface area contributed by atoms with Gasteiger partial charge in [0.05, 0.1) is 18.8 Å². The van der Waals surface area contributed by atoms with Gasteiger partial charge in [0.25, 0.3) is 0 Å². The van der Waals surface area contributed by atoms with Gasteiger partial charge in [0, 0.05) is 6.42 Å². The van der Waals surface area contributed by atoms with Crippen LogP contribution in [0.4, 0.5) is 0 Å². The third kappa shape index (κ3) is 38.5. The van der Waals surface area contributed by atoms with E-state index in [1.807, 2.05) is 6.08 Å². The van der Waals surface area contributed by atoms with Crippen molar-refractivity contribution in [3.8, 4) is 0 Å². The smallest absolute Gasteiger partial charge is 0.220 e. The van der Waals surface area contributed by atoms with Crippen molar-refractivity contribution in [3.05, 3.63) is 97.2 Å². The van der Waals surface area contributed by atoms with Gasteiger partial charge in [0.2, 0.25) is 5.91 Å². The number of carbonyl (C=O) groups excluding carboxylic acids is 1. The minimum absolute atomic E-state index is 0.0822. The lowest BCUT2D eigenvalue weighted by molar-refractivity contribution is -0.123. The van der Waals surface area contributed by atoms with Crippen LogP contribution in [0.1, 0.15) is 181 Å². The Morgan fingerprint density at radius 2 is 0.846 bits per heavy atom. The molecule has 0 saturated carbocycles. The normalized spacial score (nSPS) is 14.0. The summed E-state index contributed by atoms with van der Waals surface area (Å²) in [5.74, 6) is -0.0822. The molecular weight excluding hydrogens is 639 g/mol. The van der Waals surface area contributed by atoms with E-state index in [0.717, 1.165) is 83.5 Å². The van der Waals surface area contributed by atoms with Crippen LogP contribution in [0.25, 0.3) is 0 Å². The first-order valence-electron chi connectivity index (χ1n) is 21.5. The minimum atomic E-state index is -0.848. The maximum atomic E-state index is 12.4. The molecule has 0 aliphatic rings. The first-order chi connectivity index (χ1) is 25.7. The molecule has 0 heterocycles. The molecule has 3 N–H and O–H groups in total. The third-order valence-electron chi connectivity index (χ3n) is 9.07. The maximum Gasteiger partial charge on any atom is 0.220 e. The average molecular weight is 720 g/mol. The molecule has 0 rings (SSSR count). The van der Waals surface area contributed by atoms with Crippen molar-refractivity contribution in [2.45, 2.75) is 193 Å². The third-order valence-corrected chi connectivity index (χ3v) is 9.07. The number of aliphatic hydroxyl groups excluding tert-OH is 2. The molecule has 0 radical (unpaired) electrons. The largest absolute Gasteiger partial charge is 0.394 e. The van der Waals surface area contributed by atoms with E-state index in [0.29, 0.717) is 6.42 Å². The van der Waals surface area contributed by atoms with E-state index in [-0.39, 0.29) is 12.5 Å². The van der Waals surface area contributed by atoms with Gasteiger partial charge < -0.3 is 15.5 Å². The molecule has 52 heavy (non-hydrogen) atoms. The second-order valence-electron chi connectivity index (χ2n) is 14.0. The van der Waals surface area contributed by atoms with Crippen molar-refractivity contribution >= 4 is 5.91 Å². The van der Waals surface area contributed by atoms with Gasteiger partial charge in [-0.1, -0.05) is 195 Å². The molecule has 0 aromatic rings. The number of hydrogen-bond donors (Lipinski definition) is 3. The molecule has 1 amide bonds. The summed E-state index contributed by atoms with van der Waals surface area (Å²) < 4.78 is 0. The molecule has 2 unspecified atom stereocenters. The summed E-state index contributed by atoms with van der Waals surface area (Å²) in [6.45, 7) is 4.16. The SMILES string of the molecule is CC/C=C\C/C=C\C/C=C\C/C=C\C/C=C\C/C=C\C/C=C\CCCCCCCCCC(=O)NC(CO)C(O)/C=C/CCCCCCCCCCC. The molecule has 0 saturated heterocycles. The van der Waals surface area contributed by atoms with Crippen LogP contribution >= 0.6 is 0 Å². The molecule has 0 aliphatic carbocycles. The van der Waals surface area contributed by atoms with E-state index >= 15 is 0 Å². The lowest BCUT2D eigenvalue weighted by atomic mass is 10.1. The second-order valence-corrected chi connectivity index (χ2v) is 14.0. The number of allylic oxidation sites excluding steroid dienone is 15. The Kier molecular flexibility index (Phi) is 40.5. The van der Waals surface area contributed by atoms with E-state index in [4.69, 9.17) is 0 Å². The molecule has 4 heteroatoms. The van der Waals surface area contributed by atoms with E-state index in [9.17, 15) is 15.0 Å². The fraction of sp³-hybridized carbons (Fsp3) is 0.646. The first kappa shape index (κ1) is 49.3. The van der Waals surface area contributed by atoms with Crippen LogP contribution in [0.5, 0.6) is 0 Å². The zero-order valence-corrected chi connectivity index (χ0v) is 33.8. The summed E-state index contributed by atoms with van der Waals surface area (Å²) in [4.78, 5) is 12.4. The molecule has 4 nitrogen and oxygen atoms in total. The van der Waals surface area contributed by atoms with E-state index in [1.54, 1.807) is 6.08 Å². The molecule has 0 fully saturated rings. The fourth-order valence-corrected chi connectivity index (χ4v) is 5.80. The number of carbonyl (C=O) groups is 1.